The minimum Gasteiger partial charge on any atom is -0.424 e. The summed E-state index contributed by atoms with van der Waals surface area (Å²) < 4.78 is 4.76. The number of carbonyl (C=O) groups is 2. The molecule has 3 nitrogen and oxygen atoms in total. The number of hydrogen-bond acceptors (Lipinski definition) is 3. The normalized spacial score (nSPS) is 9.93. The highest BCUT2D eigenvalue weighted by Gasteiger charge is 2.15. The number of halogens is 2. The van der Waals surface area contributed by atoms with Gasteiger partial charge in [0.15, 0.2) is 6.29 Å². The van der Waals surface area contributed by atoms with Gasteiger partial charge in [-0.1, -0.05) is 35.3 Å². The quantitative estimate of drug-likeness (QED) is 0.348. The maximum absolute atomic E-state index is 11.0. The van der Waals surface area contributed by atoms with Crippen LogP contribution in [-0.4, -0.2) is 17.1 Å². The van der Waals surface area contributed by atoms with Gasteiger partial charge in [-0.15, -0.1) is 0 Å². The number of para-hydroxylation sites is 1. The zero-order valence-electron chi connectivity index (χ0n) is 6.94. The van der Waals surface area contributed by atoms with E-state index in [1.807, 2.05) is 0 Å². The van der Waals surface area contributed by atoms with Gasteiger partial charge in [0.2, 0.25) is 4.84 Å². The van der Waals surface area contributed by atoms with Gasteiger partial charge in [-0.3, -0.25) is 4.79 Å². The first-order valence-corrected chi connectivity index (χ1v) is 4.56. The Morgan fingerprint density at radius 3 is 2.57 bits per heavy atom. The van der Waals surface area contributed by atoms with Crippen molar-refractivity contribution in [1.29, 1.82) is 0 Å². The molecule has 0 bridgehead atoms. The fraction of sp³-hybridized carbons (Fsp3) is 0.111. The average Bonchev–Trinajstić information content (AvgIpc) is 2.18. The lowest BCUT2D eigenvalue weighted by Crippen LogP contribution is -2.16. The van der Waals surface area contributed by atoms with Gasteiger partial charge in [-0.05, 0) is 12.1 Å². The molecule has 0 aliphatic rings. The van der Waals surface area contributed by atoms with Gasteiger partial charge >= 0.3 is 5.97 Å². The Hall–Kier alpha value is -1.06. The zero-order chi connectivity index (χ0) is 10.6. The molecule has 0 N–H and O–H groups in total. The van der Waals surface area contributed by atoms with E-state index in [4.69, 9.17) is 27.9 Å². The standard InChI is InChI=1S/C9H6Cl2O3/c10-8(11)9(13)14-7-4-2-1-3-6(7)5-12/h1-5,8H. The second-order valence-corrected chi connectivity index (χ2v) is 3.47. The molecule has 0 saturated carbocycles. The number of rotatable bonds is 3. The summed E-state index contributed by atoms with van der Waals surface area (Å²) in [6, 6.07) is 6.29. The Labute approximate surface area is 90.6 Å². The molecule has 0 radical (unpaired) electrons. The lowest BCUT2D eigenvalue weighted by molar-refractivity contribution is -0.132. The molecule has 74 valence electrons. The Morgan fingerprint density at radius 2 is 2.00 bits per heavy atom. The number of esters is 1. The van der Waals surface area contributed by atoms with Crippen LogP contribution in [0.1, 0.15) is 10.4 Å². The molecular formula is C9H6Cl2O3. The highest BCUT2D eigenvalue weighted by molar-refractivity contribution is 6.53. The van der Waals surface area contributed by atoms with Crippen molar-refractivity contribution in [1.82, 2.24) is 0 Å². The number of aldehydes is 1. The van der Waals surface area contributed by atoms with Gasteiger partial charge in [-0.25, -0.2) is 4.79 Å². The molecule has 1 rings (SSSR count). The van der Waals surface area contributed by atoms with Gasteiger partial charge in [0, 0.05) is 0 Å². The van der Waals surface area contributed by atoms with Crippen LogP contribution in [0.15, 0.2) is 24.3 Å². The second kappa shape index (κ2) is 4.98. The Morgan fingerprint density at radius 1 is 1.36 bits per heavy atom. The van der Waals surface area contributed by atoms with Crippen LogP contribution in [0.25, 0.3) is 0 Å². The third-order valence-corrected chi connectivity index (χ3v) is 1.79. The molecule has 5 heteroatoms. The number of hydrogen-bond donors (Lipinski definition) is 0. The van der Waals surface area contributed by atoms with Gasteiger partial charge in [0.05, 0.1) is 5.56 Å². The fourth-order valence-corrected chi connectivity index (χ4v) is 0.913. The summed E-state index contributed by atoms with van der Waals surface area (Å²) in [5.41, 5.74) is 0.273. The van der Waals surface area contributed by atoms with Crippen molar-refractivity contribution in [2.24, 2.45) is 0 Å². The highest BCUT2D eigenvalue weighted by atomic mass is 35.5. The van der Waals surface area contributed by atoms with E-state index in [1.165, 1.54) is 12.1 Å². The molecule has 0 unspecified atom stereocenters. The minimum absolute atomic E-state index is 0.152. The van der Waals surface area contributed by atoms with Gasteiger partial charge in [0.1, 0.15) is 5.75 Å². The Kier molecular flexibility index (Phi) is 3.92. The molecule has 0 amide bonds. The molecule has 0 aliphatic carbocycles. The molecule has 1 aromatic carbocycles. The van der Waals surface area contributed by atoms with E-state index >= 15 is 0 Å². The predicted molar refractivity (Wildman–Crippen MR) is 53.0 cm³/mol. The van der Waals surface area contributed by atoms with Crippen LogP contribution in [0.3, 0.4) is 0 Å². The van der Waals surface area contributed by atoms with Crippen LogP contribution in [0.5, 0.6) is 5.75 Å². The number of alkyl halides is 2. The van der Waals surface area contributed by atoms with E-state index in [0.717, 1.165) is 0 Å². The summed E-state index contributed by atoms with van der Waals surface area (Å²) in [6.07, 6.45) is 0.583. The summed E-state index contributed by atoms with van der Waals surface area (Å²) >= 11 is 10.6. The maximum Gasteiger partial charge on any atom is 0.344 e. The number of benzene rings is 1. The van der Waals surface area contributed by atoms with Crippen LogP contribution < -0.4 is 4.74 Å². The predicted octanol–water partition coefficient (Wildman–Crippen LogP) is 2.21. The van der Waals surface area contributed by atoms with Gasteiger partial charge in [0.25, 0.3) is 0 Å². The van der Waals surface area contributed by atoms with Crippen LogP contribution in [-0.2, 0) is 4.79 Å². The molecule has 0 saturated heterocycles. The number of ether oxygens (including phenoxy) is 1. The largest absolute Gasteiger partial charge is 0.424 e. The number of carbonyl (C=O) groups excluding carboxylic acids is 2. The molecule has 0 heterocycles. The first-order valence-electron chi connectivity index (χ1n) is 3.69. The zero-order valence-corrected chi connectivity index (χ0v) is 8.46. The van der Waals surface area contributed by atoms with E-state index in [9.17, 15) is 9.59 Å². The molecule has 0 aromatic heterocycles. The van der Waals surface area contributed by atoms with E-state index in [-0.39, 0.29) is 11.3 Å². The average molecular weight is 233 g/mol. The van der Waals surface area contributed by atoms with Gasteiger partial charge in [-0.2, -0.15) is 0 Å². The molecule has 1 aromatic rings. The third kappa shape index (κ3) is 2.72. The van der Waals surface area contributed by atoms with Crippen molar-refractivity contribution in [2.75, 3.05) is 0 Å². The molecule has 0 aliphatic heterocycles. The van der Waals surface area contributed by atoms with Crippen molar-refractivity contribution in [2.45, 2.75) is 4.84 Å². The molecular weight excluding hydrogens is 227 g/mol. The second-order valence-electron chi connectivity index (χ2n) is 2.38. The minimum atomic E-state index is -1.25. The Bertz CT molecular complexity index is 350. The highest BCUT2D eigenvalue weighted by Crippen LogP contribution is 2.17. The third-order valence-electron chi connectivity index (χ3n) is 1.43. The van der Waals surface area contributed by atoms with Crippen LogP contribution >= 0.6 is 23.2 Å². The molecule has 0 fully saturated rings. The van der Waals surface area contributed by atoms with E-state index in [1.54, 1.807) is 12.1 Å². The van der Waals surface area contributed by atoms with Crippen molar-refractivity contribution in [3.05, 3.63) is 29.8 Å². The summed E-state index contributed by atoms with van der Waals surface area (Å²) in [7, 11) is 0. The Balaban J connectivity index is 2.85. The van der Waals surface area contributed by atoms with E-state index in [2.05, 4.69) is 0 Å². The fourth-order valence-electron chi connectivity index (χ4n) is 0.824. The maximum atomic E-state index is 11.0. The first-order chi connectivity index (χ1) is 6.65. The molecule has 0 atom stereocenters. The van der Waals surface area contributed by atoms with Gasteiger partial charge < -0.3 is 4.74 Å². The molecule has 14 heavy (non-hydrogen) atoms. The SMILES string of the molecule is O=Cc1ccccc1OC(=O)C(Cl)Cl. The first kappa shape index (κ1) is 11.0. The monoisotopic (exact) mass is 232 g/mol. The summed E-state index contributed by atoms with van der Waals surface area (Å²) in [6.45, 7) is 0. The van der Waals surface area contributed by atoms with Crippen LogP contribution in [0.4, 0.5) is 0 Å². The summed E-state index contributed by atoms with van der Waals surface area (Å²) in [4.78, 5) is 20.2. The van der Waals surface area contributed by atoms with Crippen molar-refractivity contribution in [3.63, 3.8) is 0 Å². The van der Waals surface area contributed by atoms with E-state index in [0.29, 0.717) is 6.29 Å². The van der Waals surface area contributed by atoms with E-state index < -0.39 is 10.8 Å². The summed E-state index contributed by atoms with van der Waals surface area (Å²) in [5, 5.41) is 0. The van der Waals surface area contributed by atoms with Crippen molar-refractivity contribution in [3.8, 4) is 5.75 Å². The molecule has 0 spiro atoms. The topological polar surface area (TPSA) is 43.4 Å². The van der Waals surface area contributed by atoms with Crippen molar-refractivity contribution >= 4 is 35.5 Å². The lowest BCUT2D eigenvalue weighted by Gasteiger charge is -2.05. The van der Waals surface area contributed by atoms with Crippen LogP contribution in [0, 0.1) is 0 Å². The van der Waals surface area contributed by atoms with Crippen LogP contribution in [0.2, 0.25) is 0 Å². The smallest absolute Gasteiger partial charge is 0.344 e. The lowest BCUT2D eigenvalue weighted by atomic mass is 10.2. The summed E-state index contributed by atoms with van der Waals surface area (Å²) in [5.74, 6) is -0.651. The van der Waals surface area contributed by atoms with Crippen molar-refractivity contribution < 1.29 is 14.3 Å².